The quantitative estimate of drug-likeness (QED) is 0.646. The Morgan fingerprint density at radius 2 is 1.85 bits per heavy atom. The number of hydrogen-bond donors (Lipinski definition) is 1. The molecule has 2 heterocycles. The lowest BCUT2D eigenvalue weighted by molar-refractivity contribution is 0.102. The molecule has 0 unspecified atom stereocenters. The maximum absolute atomic E-state index is 12.5. The van der Waals surface area contributed by atoms with Gasteiger partial charge in [0.1, 0.15) is 0 Å². The molecule has 3 rings (SSSR count). The van der Waals surface area contributed by atoms with Crippen molar-refractivity contribution in [3.8, 4) is 11.5 Å². The molecule has 0 atom stereocenters. The standard InChI is InChI=1S/C17H18N4O4S2/c1-3-21(4-2)27(23,24)14-7-5-12(6-8-14)15(22)18-17-20-19-16(25-17)13-9-10-26-11-13/h5-11H,3-4H2,1-2H3,(H,18,20,22). The van der Waals surface area contributed by atoms with E-state index >= 15 is 0 Å². The monoisotopic (exact) mass is 406 g/mol. The third kappa shape index (κ3) is 4.07. The third-order valence-corrected chi connectivity index (χ3v) is 6.62. The molecule has 1 amide bonds. The summed E-state index contributed by atoms with van der Waals surface area (Å²) in [5, 5.41) is 13.9. The van der Waals surface area contributed by atoms with E-state index in [4.69, 9.17) is 4.42 Å². The Labute approximate surface area is 160 Å². The fourth-order valence-electron chi connectivity index (χ4n) is 2.44. The number of rotatable bonds is 7. The van der Waals surface area contributed by atoms with Crippen LogP contribution in [0.3, 0.4) is 0 Å². The summed E-state index contributed by atoms with van der Waals surface area (Å²) in [6.45, 7) is 4.31. The number of thiophene rings is 1. The van der Waals surface area contributed by atoms with Crippen LogP contribution in [0.15, 0.2) is 50.4 Å². The molecule has 8 nitrogen and oxygen atoms in total. The molecule has 2 aromatic heterocycles. The highest BCUT2D eigenvalue weighted by molar-refractivity contribution is 7.89. The molecule has 142 valence electrons. The Kier molecular flexibility index (Phi) is 5.68. The normalized spacial score (nSPS) is 11.7. The number of benzene rings is 1. The van der Waals surface area contributed by atoms with Crippen LogP contribution in [0.4, 0.5) is 6.01 Å². The predicted molar refractivity (Wildman–Crippen MR) is 102 cm³/mol. The highest BCUT2D eigenvalue weighted by Gasteiger charge is 2.22. The largest absolute Gasteiger partial charge is 0.403 e. The number of amides is 1. The summed E-state index contributed by atoms with van der Waals surface area (Å²) in [7, 11) is -3.56. The fourth-order valence-corrected chi connectivity index (χ4v) is 4.52. The van der Waals surface area contributed by atoms with Gasteiger partial charge in [-0.1, -0.05) is 18.9 Å². The number of hydrogen-bond acceptors (Lipinski definition) is 7. The van der Waals surface area contributed by atoms with Crippen molar-refractivity contribution in [1.82, 2.24) is 14.5 Å². The van der Waals surface area contributed by atoms with Gasteiger partial charge in [0.25, 0.3) is 11.8 Å². The van der Waals surface area contributed by atoms with Gasteiger partial charge in [0.05, 0.1) is 4.90 Å². The average Bonchev–Trinajstić information content (AvgIpc) is 3.34. The first-order valence-corrected chi connectivity index (χ1v) is 10.6. The molecular weight excluding hydrogens is 388 g/mol. The lowest BCUT2D eigenvalue weighted by Gasteiger charge is -2.18. The molecule has 0 fully saturated rings. The number of nitrogens with zero attached hydrogens (tertiary/aromatic N) is 3. The third-order valence-electron chi connectivity index (χ3n) is 3.87. The van der Waals surface area contributed by atoms with Crippen LogP contribution in [0.2, 0.25) is 0 Å². The zero-order chi connectivity index (χ0) is 19.4. The minimum atomic E-state index is -3.56. The van der Waals surface area contributed by atoms with Crippen LogP contribution in [-0.4, -0.2) is 41.9 Å². The smallest absolute Gasteiger partial charge is 0.322 e. The molecule has 0 radical (unpaired) electrons. The van der Waals surface area contributed by atoms with Crippen molar-refractivity contribution in [1.29, 1.82) is 0 Å². The summed E-state index contributed by atoms with van der Waals surface area (Å²) in [6.07, 6.45) is 0. The number of carbonyl (C=O) groups is 1. The second-order valence-corrected chi connectivity index (χ2v) is 8.21. The van der Waals surface area contributed by atoms with Gasteiger partial charge in [-0.15, -0.1) is 5.10 Å². The molecular formula is C17H18N4O4S2. The summed E-state index contributed by atoms with van der Waals surface area (Å²) >= 11 is 1.50. The fraction of sp³-hybridized carbons (Fsp3) is 0.235. The molecule has 3 aromatic rings. The number of aromatic nitrogens is 2. The van der Waals surface area contributed by atoms with Crippen LogP contribution >= 0.6 is 11.3 Å². The van der Waals surface area contributed by atoms with Gasteiger partial charge in [0.15, 0.2) is 0 Å². The molecule has 1 N–H and O–H groups in total. The van der Waals surface area contributed by atoms with Gasteiger partial charge in [-0.3, -0.25) is 10.1 Å². The molecule has 27 heavy (non-hydrogen) atoms. The minimum Gasteiger partial charge on any atom is -0.403 e. The SMILES string of the molecule is CCN(CC)S(=O)(=O)c1ccc(C(=O)Nc2nnc(-c3ccsc3)o2)cc1. The van der Waals surface area contributed by atoms with E-state index in [1.807, 2.05) is 16.8 Å². The van der Waals surface area contributed by atoms with Gasteiger partial charge in [0.2, 0.25) is 10.0 Å². The molecule has 0 bridgehead atoms. The summed E-state index contributed by atoms with van der Waals surface area (Å²) in [5.41, 5.74) is 1.06. The lowest BCUT2D eigenvalue weighted by Crippen LogP contribution is -2.30. The highest BCUT2D eigenvalue weighted by Crippen LogP contribution is 2.22. The van der Waals surface area contributed by atoms with Crippen molar-refractivity contribution >= 4 is 33.3 Å². The first-order valence-electron chi connectivity index (χ1n) is 8.23. The maximum Gasteiger partial charge on any atom is 0.322 e. The summed E-state index contributed by atoms with van der Waals surface area (Å²) in [5.74, 6) is -0.158. The number of carbonyl (C=O) groups excluding carboxylic acids is 1. The summed E-state index contributed by atoms with van der Waals surface area (Å²) in [4.78, 5) is 12.5. The molecule has 10 heteroatoms. The lowest BCUT2D eigenvalue weighted by atomic mass is 10.2. The topological polar surface area (TPSA) is 105 Å². The Bertz CT molecular complexity index is 1010. The Hall–Kier alpha value is -2.56. The molecule has 1 aromatic carbocycles. The van der Waals surface area contributed by atoms with Crippen LogP contribution in [0.5, 0.6) is 0 Å². The van der Waals surface area contributed by atoms with E-state index in [1.54, 1.807) is 13.8 Å². The van der Waals surface area contributed by atoms with E-state index in [2.05, 4.69) is 15.5 Å². The van der Waals surface area contributed by atoms with E-state index in [-0.39, 0.29) is 16.5 Å². The predicted octanol–water partition coefficient (Wildman–Crippen LogP) is 3.08. The molecule has 0 spiro atoms. The van der Waals surface area contributed by atoms with Crippen LogP contribution < -0.4 is 5.32 Å². The first-order chi connectivity index (χ1) is 13.0. The first kappa shape index (κ1) is 19.2. The van der Waals surface area contributed by atoms with Crippen LogP contribution in [0.1, 0.15) is 24.2 Å². The molecule has 0 aliphatic carbocycles. The number of sulfonamides is 1. The summed E-state index contributed by atoms with van der Waals surface area (Å²) < 4.78 is 31.7. The molecule has 0 saturated heterocycles. The van der Waals surface area contributed by atoms with Crippen LogP contribution in [-0.2, 0) is 10.0 Å². The highest BCUT2D eigenvalue weighted by atomic mass is 32.2. The van der Waals surface area contributed by atoms with Crippen molar-refractivity contribution in [2.75, 3.05) is 18.4 Å². The van der Waals surface area contributed by atoms with E-state index < -0.39 is 15.9 Å². The molecule has 0 saturated carbocycles. The Morgan fingerprint density at radius 3 is 2.44 bits per heavy atom. The van der Waals surface area contributed by atoms with Gasteiger partial charge in [-0.05, 0) is 35.7 Å². The van der Waals surface area contributed by atoms with Crippen LogP contribution in [0.25, 0.3) is 11.5 Å². The number of nitrogens with one attached hydrogen (secondary N) is 1. The zero-order valence-electron chi connectivity index (χ0n) is 14.7. The van der Waals surface area contributed by atoms with E-state index in [0.29, 0.717) is 19.0 Å². The Balaban J connectivity index is 1.73. The van der Waals surface area contributed by atoms with E-state index in [0.717, 1.165) is 5.56 Å². The van der Waals surface area contributed by atoms with Gasteiger partial charge in [-0.2, -0.15) is 15.6 Å². The van der Waals surface area contributed by atoms with Crippen LogP contribution in [0, 0.1) is 0 Å². The van der Waals surface area contributed by atoms with Gasteiger partial charge >= 0.3 is 6.01 Å². The van der Waals surface area contributed by atoms with Crippen molar-refractivity contribution in [2.24, 2.45) is 0 Å². The van der Waals surface area contributed by atoms with E-state index in [9.17, 15) is 13.2 Å². The van der Waals surface area contributed by atoms with Gasteiger partial charge in [-0.25, -0.2) is 8.42 Å². The summed E-state index contributed by atoms with van der Waals surface area (Å²) in [6, 6.07) is 7.52. The maximum atomic E-state index is 12.5. The van der Waals surface area contributed by atoms with Crippen molar-refractivity contribution in [2.45, 2.75) is 18.7 Å². The minimum absolute atomic E-state index is 0.0268. The van der Waals surface area contributed by atoms with Crippen molar-refractivity contribution in [3.63, 3.8) is 0 Å². The van der Waals surface area contributed by atoms with Crippen molar-refractivity contribution in [3.05, 3.63) is 46.7 Å². The Morgan fingerprint density at radius 1 is 1.15 bits per heavy atom. The zero-order valence-corrected chi connectivity index (χ0v) is 16.4. The van der Waals surface area contributed by atoms with Crippen molar-refractivity contribution < 1.29 is 17.6 Å². The van der Waals surface area contributed by atoms with Gasteiger partial charge in [0, 0.05) is 29.6 Å². The second-order valence-electron chi connectivity index (χ2n) is 5.49. The number of anilines is 1. The molecule has 0 aliphatic rings. The van der Waals surface area contributed by atoms with Gasteiger partial charge < -0.3 is 4.42 Å². The molecule has 0 aliphatic heterocycles. The van der Waals surface area contributed by atoms with E-state index in [1.165, 1.54) is 39.9 Å². The second kappa shape index (κ2) is 7.99. The average molecular weight is 406 g/mol.